The number of para-hydroxylation sites is 1. The first-order chi connectivity index (χ1) is 8.40. The first-order valence-electron chi connectivity index (χ1n) is 6.25. The number of hydrogen-bond acceptors (Lipinski definition) is 3. The summed E-state index contributed by atoms with van der Waals surface area (Å²) in [5.41, 5.74) is 0.615. The Hall–Kier alpha value is -1.53. The summed E-state index contributed by atoms with van der Waals surface area (Å²) in [7, 11) is 0. The molecule has 1 aromatic rings. The normalized spacial score (nSPS) is 19.6. The van der Waals surface area contributed by atoms with Crippen molar-refractivity contribution >= 4 is 0 Å². The van der Waals surface area contributed by atoms with Gasteiger partial charge in [0.25, 0.3) is 0 Å². The van der Waals surface area contributed by atoms with Crippen molar-refractivity contribution in [1.82, 2.24) is 5.32 Å². The second kappa shape index (κ2) is 6.27. The first kappa shape index (κ1) is 11.9. The van der Waals surface area contributed by atoms with Gasteiger partial charge in [-0.05, 0) is 37.9 Å². The van der Waals surface area contributed by atoms with E-state index in [-0.39, 0.29) is 0 Å². The topological polar surface area (TPSA) is 45.0 Å². The highest BCUT2D eigenvalue weighted by atomic mass is 16.5. The van der Waals surface area contributed by atoms with Gasteiger partial charge in [-0.1, -0.05) is 18.6 Å². The van der Waals surface area contributed by atoms with Gasteiger partial charge in [-0.3, -0.25) is 0 Å². The van der Waals surface area contributed by atoms with Crippen molar-refractivity contribution in [1.29, 1.82) is 5.26 Å². The van der Waals surface area contributed by atoms with Crippen LogP contribution in [0.1, 0.15) is 31.2 Å². The molecule has 0 aromatic heterocycles. The van der Waals surface area contributed by atoms with Crippen molar-refractivity contribution in [3.05, 3.63) is 29.8 Å². The predicted octanol–water partition coefficient (Wildman–Crippen LogP) is 2.47. The van der Waals surface area contributed by atoms with E-state index in [1.54, 1.807) is 6.07 Å². The zero-order valence-electron chi connectivity index (χ0n) is 9.98. The van der Waals surface area contributed by atoms with Crippen LogP contribution in [0, 0.1) is 11.3 Å². The van der Waals surface area contributed by atoms with Crippen LogP contribution in [0.25, 0.3) is 0 Å². The summed E-state index contributed by atoms with van der Waals surface area (Å²) in [5, 5.41) is 12.4. The van der Waals surface area contributed by atoms with Crippen LogP contribution >= 0.6 is 0 Å². The molecule has 1 saturated heterocycles. The van der Waals surface area contributed by atoms with Crippen LogP contribution in [0.15, 0.2) is 24.3 Å². The fraction of sp³-hybridized carbons (Fsp3) is 0.500. The molecule has 17 heavy (non-hydrogen) atoms. The highest BCUT2D eigenvalue weighted by Gasteiger charge is 2.12. The van der Waals surface area contributed by atoms with E-state index in [2.05, 4.69) is 11.4 Å². The van der Waals surface area contributed by atoms with Crippen molar-refractivity contribution in [2.45, 2.75) is 31.7 Å². The van der Waals surface area contributed by atoms with Crippen molar-refractivity contribution in [2.75, 3.05) is 13.2 Å². The Labute approximate surface area is 102 Å². The Balaban J connectivity index is 1.79. The molecule has 1 unspecified atom stereocenters. The molecule has 3 nitrogen and oxygen atoms in total. The van der Waals surface area contributed by atoms with Gasteiger partial charge in [-0.2, -0.15) is 5.26 Å². The molecular formula is C14H18N2O. The molecule has 1 fully saturated rings. The standard InChI is InChI=1S/C14H18N2O/c15-11-12-5-1-2-7-14(12)17-10-8-13-6-3-4-9-16-13/h1-2,5,7,13,16H,3-4,6,8-10H2. The lowest BCUT2D eigenvalue weighted by Crippen LogP contribution is -2.35. The third-order valence-electron chi connectivity index (χ3n) is 3.14. The Morgan fingerprint density at radius 3 is 3.00 bits per heavy atom. The summed E-state index contributed by atoms with van der Waals surface area (Å²) in [4.78, 5) is 0. The van der Waals surface area contributed by atoms with Gasteiger partial charge in [0.1, 0.15) is 11.8 Å². The van der Waals surface area contributed by atoms with Gasteiger partial charge in [-0.15, -0.1) is 0 Å². The Bertz CT molecular complexity index is 391. The number of ether oxygens (including phenoxy) is 1. The van der Waals surface area contributed by atoms with E-state index in [0.29, 0.717) is 24.0 Å². The molecule has 0 bridgehead atoms. The van der Waals surface area contributed by atoms with Crippen LogP contribution in [0.4, 0.5) is 0 Å². The van der Waals surface area contributed by atoms with E-state index in [9.17, 15) is 0 Å². The van der Waals surface area contributed by atoms with Crippen molar-refractivity contribution in [3.63, 3.8) is 0 Å². The molecule has 2 rings (SSSR count). The molecular weight excluding hydrogens is 212 g/mol. The number of piperidine rings is 1. The zero-order valence-corrected chi connectivity index (χ0v) is 9.98. The highest BCUT2D eigenvalue weighted by molar-refractivity contribution is 5.42. The largest absolute Gasteiger partial charge is 0.492 e. The van der Waals surface area contributed by atoms with Gasteiger partial charge >= 0.3 is 0 Å². The lowest BCUT2D eigenvalue weighted by atomic mass is 10.0. The quantitative estimate of drug-likeness (QED) is 0.864. The molecule has 1 aromatic carbocycles. The molecule has 0 radical (unpaired) electrons. The lowest BCUT2D eigenvalue weighted by molar-refractivity contribution is 0.267. The lowest BCUT2D eigenvalue weighted by Gasteiger charge is -2.23. The Morgan fingerprint density at radius 1 is 1.35 bits per heavy atom. The fourth-order valence-corrected chi connectivity index (χ4v) is 2.17. The Kier molecular flexibility index (Phi) is 4.40. The van der Waals surface area contributed by atoms with E-state index in [0.717, 1.165) is 13.0 Å². The molecule has 0 amide bonds. The minimum absolute atomic E-state index is 0.581. The highest BCUT2D eigenvalue weighted by Crippen LogP contribution is 2.17. The number of hydrogen-bond donors (Lipinski definition) is 1. The van der Waals surface area contributed by atoms with Crippen LogP contribution < -0.4 is 10.1 Å². The van der Waals surface area contributed by atoms with Gasteiger partial charge in [0, 0.05) is 6.04 Å². The molecule has 1 atom stereocenters. The SMILES string of the molecule is N#Cc1ccccc1OCCC1CCCCN1. The van der Waals surface area contributed by atoms with E-state index < -0.39 is 0 Å². The number of rotatable bonds is 4. The van der Waals surface area contributed by atoms with E-state index in [1.807, 2.05) is 18.2 Å². The van der Waals surface area contributed by atoms with Crippen LogP contribution in [-0.2, 0) is 0 Å². The summed E-state index contributed by atoms with van der Waals surface area (Å²) in [6, 6.07) is 10.1. The minimum atomic E-state index is 0.581. The molecule has 0 spiro atoms. The second-order valence-corrected chi connectivity index (χ2v) is 4.39. The second-order valence-electron chi connectivity index (χ2n) is 4.39. The summed E-state index contributed by atoms with van der Waals surface area (Å²) >= 11 is 0. The molecule has 1 aliphatic heterocycles. The van der Waals surface area contributed by atoms with Crippen molar-refractivity contribution < 1.29 is 4.74 Å². The summed E-state index contributed by atoms with van der Waals surface area (Å²) in [6.07, 6.45) is 4.85. The van der Waals surface area contributed by atoms with Gasteiger partial charge in [0.2, 0.25) is 0 Å². The number of nitrogens with one attached hydrogen (secondary N) is 1. The maximum absolute atomic E-state index is 8.92. The smallest absolute Gasteiger partial charge is 0.137 e. The van der Waals surface area contributed by atoms with Gasteiger partial charge < -0.3 is 10.1 Å². The molecule has 0 saturated carbocycles. The monoisotopic (exact) mass is 230 g/mol. The predicted molar refractivity (Wildman–Crippen MR) is 66.9 cm³/mol. The van der Waals surface area contributed by atoms with Crippen LogP contribution in [0.3, 0.4) is 0 Å². The maximum atomic E-state index is 8.92. The number of nitrogens with zero attached hydrogens (tertiary/aromatic N) is 1. The number of nitriles is 1. The van der Waals surface area contributed by atoms with Gasteiger partial charge in [-0.25, -0.2) is 0 Å². The number of benzene rings is 1. The molecule has 1 aliphatic rings. The average Bonchev–Trinajstić information content (AvgIpc) is 2.40. The third-order valence-corrected chi connectivity index (χ3v) is 3.14. The Morgan fingerprint density at radius 2 is 2.24 bits per heavy atom. The average molecular weight is 230 g/mol. The maximum Gasteiger partial charge on any atom is 0.137 e. The van der Waals surface area contributed by atoms with Crippen LogP contribution in [0.2, 0.25) is 0 Å². The van der Waals surface area contributed by atoms with Crippen LogP contribution in [-0.4, -0.2) is 19.2 Å². The molecule has 90 valence electrons. The van der Waals surface area contributed by atoms with Gasteiger partial charge in [0.15, 0.2) is 0 Å². The zero-order chi connectivity index (χ0) is 11.9. The van der Waals surface area contributed by atoms with Gasteiger partial charge in [0.05, 0.1) is 12.2 Å². The third kappa shape index (κ3) is 3.47. The van der Waals surface area contributed by atoms with E-state index in [1.165, 1.54) is 19.3 Å². The fourth-order valence-electron chi connectivity index (χ4n) is 2.17. The summed E-state index contributed by atoms with van der Waals surface area (Å²) in [6.45, 7) is 1.80. The first-order valence-corrected chi connectivity index (χ1v) is 6.25. The van der Waals surface area contributed by atoms with Crippen molar-refractivity contribution in [2.24, 2.45) is 0 Å². The summed E-state index contributed by atoms with van der Waals surface area (Å²) < 4.78 is 5.67. The van der Waals surface area contributed by atoms with Crippen molar-refractivity contribution in [3.8, 4) is 11.8 Å². The van der Waals surface area contributed by atoms with E-state index >= 15 is 0 Å². The molecule has 3 heteroatoms. The van der Waals surface area contributed by atoms with E-state index in [4.69, 9.17) is 10.00 Å². The van der Waals surface area contributed by atoms with Crippen LogP contribution in [0.5, 0.6) is 5.75 Å². The molecule has 1 heterocycles. The minimum Gasteiger partial charge on any atom is -0.492 e. The molecule has 0 aliphatic carbocycles. The summed E-state index contributed by atoms with van der Waals surface area (Å²) in [5.74, 6) is 0.700. The molecule has 1 N–H and O–H groups in total.